The molecule has 0 rings (SSSR count). The topological polar surface area (TPSA) is 12.4 Å². The Morgan fingerprint density at radius 2 is 1.56 bits per heavy atom. The summed E-state index contributed by atoms with van der Waals surface area (Å²) in [6, 6.07) is 0. The van der Waals surface area contributed by atoms with Crippen LogP contribution >= 0.6 is 11.6 Å². The lowest BCUT2D eigenvalue weighted by atomic mass is 9.99. The van der Waals surface area contributed by atoms with E-state index in [1.807, 2.05) is 13.8 Å². The molecule has 0 aliphatic rings. The van der Waals surface area contributed by atoms with Crippen LogP contribution in [0.15, 0.2) is 39.0 Å². The van der Waals surface area contributed by atoms with Gasteiger partial charge in [0.05, 0.1) is 0 Å². The van der Waals surface area contributed by atoms with E-state index in [1.165, 1.54) is 11.1 Å². The minimum atomic E-state index is 0.599. The molecule has 0 unspecified atom stereocenters. The van der Waals surface area contributed by atoms with Crippen molar-refractivity contribution in [3.63, 3.8) is 0 Å². The van der Waals surface area contributed by atoms with Crippen molar-refractivity contribution in [2.45, 2.75) is 60.8 Å². The highest BCUT2D eigenvalue weighted by atomic mass is 35.5. The molecular formula is C16H26ClN. The number of rotatable bonds is 6. The first kappa shape index (κ1) is 17.2. The zero-order valence-electron chi connectivity index (χ0n) is 12.6. The third-order valence-electron chi connectivity index (χ3n) is 2.57. The first-order valence-electron chi connectivity index (χ1n) is 6.69. The second kappa shape index (κ2) is 9.16. The Morgan fingerprint density at radius 1 is 1.00 bits per heavy atom. The molecule has 18 heavy (non-hydrogen) atoms. The van der Waals surface area contributed by atoms with E-state index in [2.05, 4.69) is 44.8 Å². The maximum absolute atomic E-state index is 6.36. The lowest BCUT2D eigenvalue weighted by Gasteiger charge is -2.11. The van der Waals surface area contributed by atoms with Crippen LogP contribution in [0.2, 0.25) is 0 Å². The molecule has 0 radical (unpaired) electrons. The number of halogens is 1. The Labute approximate surface area is 117 Å². The average Bonchev–Trinajstić information content (AvgIpc) is 2.25. The number of hydrogen-bond donors (Lipinski definition) is 0. The van der Waals surface area contributed by atoms with Gasteiger partial charge in [-0.1, -0.05) is 44.0 Å². The molecule has 0 spiro atoms. The van der Waals surface area contributed by atoms with E-state index in [0.29, 0.717) is 5.16 Å². The van der Waals surface area contributed by atoms with Crippen molar-refractivity contribution in [2.24, 2.45) is 4.99 Å². The predicted molar refractivity (Wildman–Crippen MR) is 84.4 cm³/mol. The average molecular weight is 268 g/mol. The van der Waals surface area contributed by atoms with E-state index in [9.17, 15) is 0 Å². The van der Waals surface area contributed by atoms with Gasteiger partial charge < -0.3 is 0 Å². The van der Waals surface area contributed by atoms with Crippen LogP contribution in [0.4, 0.5) is 0 Å². The van der Waals surface area contributed by atoms with Gasteiger partial charge in [0.1, 0.15) is 5.16 Å². The van der Waals surface area contributed by atoms with E-state index in [1.54, 1.807) is 0 Å². The van der Waals surface area contributed by atoms with Crippen molar-refractivity contribution < 1.29 is 0 Å². The van der Waals surface area contributed by atoms with Crippen molar-refractivity contribution in [3.05, 3.63) is 34.0 Å². The summed E-state index contributed by atoms with van der Waals surface area (Å²) in [5.74, 6) is 0. The summed E-state index contributed by atoms with van der Waals surface area (Å²) in [6.07, 6.45) is 7.67. The van der Waals surface area contributed by atoms with E-state index in [4.69, 9.17) is 11.6 Å². The minimum Gasteiger partial charge on any atom is -0.245 e. The first-order chi connectivity index (χ1) is 8.43. The largest absolute Gasteiger partial charge is 0.245 e. The number of nitrogens with zero attached hydrogens (tertiary/aromatic N) is 1. The molecule has 0 aromatic rings. The predicted octanol–water partition coefficient (Wildman–Crippen LogP) is 6.02. The van der Waals surface area contributed by atoms with E-state index >= 15 is 0 Å². The van der Waals surface area contributed by atoms with E-state index in [0.717, 1.165) is 30.5 Å². The van der Waals surface area contributed by atoms with Gasteiger partial charge in [0.25, 0.3) is 0 Å². The fraction of sp³-hybridized carbons (Fsp3) is 0.562. The maximum atomic E-state index is 6.36. The van der Waals surface area contributed by atoms with E-state index in [-0.39, 0.29) is 0 Å². The van der Waals surface area contributed by atoms with Crippen molar-refractivity contribution in [2.75, 3.05) is 0 Å². The molecule has 0 saturated heterocycles. The molecule has 0 N–H and O–H groups in total. The molecule has 0 aromatic heterocycles. The van der Waals surface area contributed by atoms with Crippen molar-refractivity contribution in [1.29, 1.82) is 0 Å². The zero-order chi connectivity index (χ0) is 14.1. The van der Waals surface area contributed by atoms with Crippen LogP contribution in [-0.2, 0) is 0 Å². The Balaban J connectivity index is 5.58. The first-order valence-corrected chi connectivity index (χ1v) is 7.07. The molecule has 0 atom stereocenters. The second-order valence-electron chi connectivity index (χ2n) is 4.70. The molecule has 1 nitrogen and oxygen atoms in total. The maximum Gasteiger partial charge on any atom is 0.136 e. The van der Waals surface area contributed by atoms with Crippen LogP contribution in [0.5, 0.6) is 0 Å². The highest BCUT2D eigenvalue weighted by Crippen LogP contribution is 2.27. The monoisotopic (exact) mass is 267 g/mol. The van der Waals surface area contributed by atoms with Gasteiger partial charge in [0, 0.05) is 11.3 Å². The SMILES string of the molecule is CC\C=C(C)/C(C(/C)=C/CCC)=C(\Cl)N=C(C)C. The van der Waals surface area contributed by atoms with Gasteiger partial charge in [-0.3, -0.25) is 0 Å². The third-order valence-corrected chi connectivity index (χ3v) is 2.84. The zero-order valence-corrected chi connectivity index (χ0v) is 13.4. The molecule has 0 amide bonds. The van der Waals surface area contributed by atoms with Crippen LogP contribution in [0.3, 0.4) is 0 Å². The second-order valence-corrected chi connectivity index (χ2v) is 5.05. The Bertz CT molecular complexity index is 380. The normalized spacial score (nSPS) is 14.4. The summed E-state index contributed by atoms with van der Waals surface area (Å²) in [5.41, 5.74) is 4.48. The van der Waals surface area contributed by atoms with Crippen LogP contribution in [0, 0.1) is 0 Å². The Kier molecular flexibility index (Phi) is 8.74. The van der Waals surface area contributed by atoms with Crippen LogP contribution in [0.1, 0.15) is 60.8 Å². The third kappa shape index (κ3) is 6.20. The van der Waals surface area contributed by atoms with Crippen LogP contribution in [0.25, 0.3) is 0 Å². The summed E-state index contributed by atoms with van der Waals surface area (Å²) in [4.78, 5) is 4.39. The molecule has 0 aliphatic heterocycles. The van der Waals surface area contributed by atoms with Crippen molar-refractivity contribution in [3.8, 4) is 0 Å². The van der Waals surface area contributed by atoms with Gasteiger partial charge >= 0.3 is 0 Å². The molecule has 0 bridgehead atoms. The smallest absolute Gasteiger partial charge is 0.136 e. The molecule has 2 heteroatoms. The standard InChI is InChI=1S/C16H26ClN/c1-7-9-11-14(6)15(13(5)10-8-2)16(17)18-12(3)4/h10-11H,7-9H2,1-6H3/b13-10-,14-11+,16-15-. The number of hydrogen-bond acceptors (Lipinski definition) is 1. The van der Waals surface area contributed by atoms with Gasteiger partial charge in [-0.2, -0.15) is 0 Å². The summed E-state index contributed by atoms with van der Waals surface area (Å²) in [7, 11) is 0. The quantitative estimate of drug-likeness (QED) is 0.317. The fourth-order valence-electron chi connectivity index (χ4n) is 1.76. The van der Waals surface area contributed by atoms with E-state index < -0.39 is 0 Å². The van der Waals surface area contributed by atoms with Gasteiger partial charge in [-0.15, -0.1) is 0 Å². The summed E-state index contributed by atoms with van der Waals surface area (Å²) >= 11 is 6.36. The molecule has 102 valence electrons. The van der Waals surface area contributed by atoms with Crippen molar-refractivity contribution in [1.82, 2.24) is 0 Å². The Hall–Kier alpha value is -0.820. The molecular weight excluding hydrogens is 242 g/mol. The number of unbranched alkanes of at least 4 members (excludes halogenated alkanes) is 1. The molecule has 0 fully saturated rings. The fourth-order valence-corrected chi connectivity index (χ4v) is 2.23. The van der Waals surface area contributed by atoms with Gasteiger partial charge in [-0.25, -0.2) is 4.99 Å². The molecule has 0 aliphatic carbocycles. The summed E-state index contributed by atoms with van der Waals surface area (Å²) in [5, 5.41) is 0.599. The molecule has 0 saturated carbocycles. The van der Waals surface area contributed by atoms with Gasteiger partial charge in [0.15, 0.2) is 0 Å². The van der Waals surface area contributed by atoms with Gasteiger partial charge in [-0.05, 0) is 51.7 Å². The Morgan fingerprint density at radius 3 is 2.00 bits per heavy atom. The summed E-state index contributed by atoms with van der Waals surface area (Å²) in [6.45, 7) is 12.5. The van der Waals surface area contributed by atoms with Gasteiger partial charge in [0.2, 0.25) is 0 Å². The van der Waals surface area contributed by atoms with Crippen LogP contribution in [-0.4, -0.2) is 5.71 Å². The molecule has 0 aromatic carbocycles. The minimum absolute atomic E-state index is 0.599. The molecule has 0 heterocycles. The highest BCUT2D eigenvalue weighted by Gasteiger charge is 2.08. The highest BCUT2D eigenvalue weighted by molar-refractivity contribution is 6.30. The van der Waals surface area contributed by atoms with Crippen molar-refractivity contribution >= 4 is 17.3 Å². The summed E-state index contributed by atoms with van der Waals surface area (Å²) < 4.78 is 0. The lowest BCUT2D eigenvalue weighted by molar-refractivity contribution is 0.949. The number of aliphatic imine (C=N–C) groups is 1. The lowest BCUT2D eigenvalue weighted by Crippen LogP contribution is -1.93. The van der Waals surface area contributed by atoms with Crippen LogP contribution < -0.4 is 0 Å². The number of allylic oxidation sites excluding steroid dienone is 5.